The Bertz CT molecular complexity index is 601. The number of hydrogen-bond acceptors (Lipinski definition) is 3. The normalized spacial score (nSPS) is 16.7. The molecule has 0 saturated carbocycles. The number of likely N-dealkylation sites (tertiary alicyclic amines) is 1. The summed E-state index contributed by atoms with van der Waals surface area (Å²) in [6.07, 6.45) is 3.77. The first-order chi connectivity index (χ1) is 10.7. The van der Waals surface area contributed by atoms with Gasteiger partial charge in [-0.1, -0.05) is 36.4 Å². The van der Waals surface area contributed by atoms with E-state index in [1.807, 2.05) is 12.1 Å². The third-order valence-corrected chi connectivity index (χ3v) is 4.63. The van der Waals surface area contributed by atoms with Crippen molar-refractivity contribution >= 4 is 11.4 Å². The van der Waals surface area contributed by atoms with Gasteiger partial charge in [0.05, 0.1) is 11.4 Å². The summed E-state index contributed by atoms with van der Waals surface area (Å²) in [5.74, 6) is 0.815. The maximum absolute atomic E-state index is 5.89. The Labute approximate surface area is 132 Å². The van der Waals surface area contributed by atoms with Crippen LogP contribution in [-0.4, -0.2) is 18.0 Å². The zero-order valence-corrected chi connectivity index (χ0v) is 13.0. The molecule has 1 aliphatic rings. The van der Waals surface area contributed by atoms with Gasteiger partial charge in [-0.15, -0.1) is 0 Å². The van der Waals surface area contributed by atoms with Crippen molar-refractivity contribution in [3.05, 3.63) is 59.7 Å². The van der Waals surface area contributed by atoms with Gasteiger partial charge in [0, 0.05) is 6.54 Å². The lowest BCUT2D eigenvalue weighted by molar-refractivity contribution is 0.177. The van der Waals surface area contributed by atoms with Crippen molar-refractivity contribution in [1.29, 1.82) is 0 Å². The zero-order chi connectivity index (χ0) is 15.4. The van der Waals surface area contributed by atoms with Gasteiger partial charge in [-0.2, -0.15) is 0 Å². The Hall–Kier alpha value is -2.00. The molecule has 0 spiro atoms. The average Bonchev–Trinajstić information content (AvgIpc) is 2.54. The Morgan fingerprint density at radius 1 is 0.864 bits per heavy atom. The minimum Gasteiger partial charge on any atom is -0.397 e. The highest BCUT2D eigenvalue weighted by Gasteiger charge is 2.19. The molecule has 3 nitrogen and oxygen atoms in total. The molecule has 0 aliphatic carbocycles. The fourth-order valence-corrected chi connectivity index (χ4v) is 3.28. The first kappa shape index (κ1) is 14.9. The first-order valence-corrected chi connectivity index (χ1v) is 8.11. The molecule has 1 saturated heterocycles. The maximum atomic E-state index is 5.89. The third kappa shape index (κ3) is 3.80. The molecule has 0 aromatic heterocycles. The topological polar surface area (TPSA) is 55.3 Å². The van der Waals surface area contributed by atoms with Gasteiger partial charge in [0.1, 0.15) is 0 Å². The Balaban J connectivity index is 1.50. The van der Waals surface area contributed by atoms with Crippen LogP contribution in [0.15, 0.2) is 48.5 Å². The molecule has 0 atom stereocenters. The van der Waals surface area contributed by atoms with Gasteiger partial charge in [-0.05, 0) is 61.5 Å². The summed E-state index contributed by atoms with van der Waals surface area (Å²) in [6, 6.07) is 16.8. The molecule has 3 rings (SSSR count). The number of nitrogen functional groups attached to an aromatic ring is 2. The molecule has 3 heteroatoms. The van der Waals surface area contributed by atoms with Crippen LogP contribution in [0.3, 0.4) is 0 Å². The van der Waals surface area contributed by atoms with Gasteiger partial charge in [-0.3, -0.25) is 4.90 Å². The largest absolute Gasteiger partial charge is 0.397 e. The number of rotatable bonds is 4. The minimum absolute atomic E-state index is 0.672. The second-order valence-corrected chi connectivity index (χ2v) is 6.37. The molecule has 0 unspecified atom stereocenters. The van der Waals surface area contributed by atoms with E-state index >= 15 is 0 Å². The lowest BCUT2D eigenvalue weighted by atomic mass is 9.90. The summed E-state index contributed by atoms with van der Waals surface area (Å²) in [5, 5.41) is 0. The minimum atomic E-state index is 0.672. The van der Waals surface area contributed by atoms with Gasteiger partial charge >= 0.3 is 0 Å². The first-order valence-electron chi connectivity index (χ1n) is 8.11. The Kier molecular flexibility index (Phi) is 4.64. The number of anilines is 2. The number of nitrogens with zero attached hydrogens (tertiary/aromatic N) is 1. The SMILES string of the molecule is Nc1ccc(CN2CCC(Cc3ccccc3)CC2)cc1N. The number of piperidine rings is 1. The van der Waals surface area contributed by atoms with Crippen LogP contribution in [0.5, 0.6) is 0 Å². The zero-order valence-electron chi connectivity index (χ0n) is 13.0. The van der Waals surface area contributed by atoms with Crippen LogP contribution in [0.2, 0.25) is 0 Å². The van der Waals surface area contributed by atoms with E-state index in [-0.39, 0.29) is 0 Å². The van der Waals surface area contributed by atoms with Gasteiger partial charge in [0.2, 0.25) is 0 Å². The molecule has 0 amide bonds. The summed E-state index contributed by atoms with van der Waals surface area (Å²) in [6.45, 7) is 3.31. The van der Waals surface area contributed by atoms with Crippen LogP contribution in [0.1, 0.15) is 24.0 Å². The molecule has 1 fully saturated rings. The van der Waals surface area contributed by atoms with Crippen LogP contribution in [0.4, 0.5) is 11.4 Å². The fraction of sp³-hybridized carbons (Fsp3) is 0.368. The quantitative estimate of drug-likeness (QED) is 0.851. The van der Waals surface area contributed by atoms with Crippen molar-refractivity contribution in [2.45, 2.75) is 25.8 Å². The molecular weight excluding hydrogens is 270 g/mol. The lowest BCUT2D eigenvalue weighted by Gasteiger charge is -2.32. The Morgan fingerprint density at radius 3 is 2.27 bits per heavy atom. The summed E-state index contributed by atoms with van der Waals surface area (Å²) in [5.41, 5.74) is 15.8. The van der Waals surface area contributed by atoms with Crippen LogP contribution in [-0.2, 0) is 13.0 Å². The van der Waals surface area contributed by atoms with Crippen molar-refractivity contribution in [3.63, 3.8) is 0 Å². The molecule has 2 aromatic carbocycles. The Morgan fingerprint density at radius 2 is 1.59 bits per heavy atom. The summed E-state index contributed by atoms with van der Waals surface area (Å²) in [7, 11) is 0. The second kappa shape index (κ2) is 6.84. The van der Waals surface area contributed by atoms with Crippen molar-refractivity contribution < 1.29 is 0 Å². The van der Waals surface area contributed by atoms with Gasteiger partial charge < -0.3 is 11.5 Å². The molecule has 2 aromatic rings. The van der Waals surface area contributed by atoms with Crippen molar-refractivity contribution in [3.8, 4) is 0 Å². The molecule has 4 N–H and O–H groups in total. The molecule has 0 radical (unpaired) electrons. The van der Waals surface area contributed by atoms with E-state index in [0.717, 1.165) is 12.5 Å². The van der Waals surface area contributed by atoms with E-state index in [4.69, 9.17) is 11.5 Å². The van der Waals surface area contributed by atoms with Gasteiger partial charge in [0.25, 0.3) is 0 Å². The molecular formula is C19H25N3. The third-order valence-electron chi connectivity index (χ3n) is 4.63. The highest BCUT2D eigenvalue weighted by Crippen LogP contribution is 2.24. The predicted molar refractivity (Wildman–Crippen MR) is 93.4 cm³/mol. The van der Waals surface area contributed by atoms with Crippen molar-refractivity contribution in [2.24, 2.45) is 5.92 Å². The standard InChI is InChI=1S/C19H25N3/c20-18-7-6-17(13-19(18)21)14-22-10-8-16(9-11-22)12-15-4-2-1-3-5-15/h1-7,13,16H,8-12,14,20-21H2. The maximum Gasteiger partial charge on any atom is 0.0551 e. The highest BCUT2D eigenvalue weighted by molar-refractivity contribution is 5.63. The highest BCUT2D eigenvalue weighted by atomic mass is 15.1. The molecule has 1 heterocycles. The predicted octanol–water partition coefficient (Wildman–Crippen LogP) is 3.31. The van der Waals surface area contributed by atoms with Crippen LogP contribution < -0.4 is 11.5 Å². The van der Waals surface area contributed by atoms with E-state index in [2.05, 4.69) is 41.3 Å². The molecule has 1 aliphatic heterocycles. The van der Waals surface area contributed by atoms with E-state index in [1.54, 1.807) is 0 Å². The second-order valence-electron chi connectivity index (χ2n) is 6.37. The van der Waals surface area contributed by atoms with E-state index in [9.17, 15) is 0 Å². The van der Waals surface area contributed by atoms with E-state index in [0.29, 0.717) is 11.4 Å². The van der Waals surface area contributed by atoms with Gasteiger partial charge in [-0.25, -0.2) is 0 Å². The van der Waals surface area contributed by atoms with Crippen molar-refractivity contribution in [2.75, 3.05) is 24.6 Å². The average molecular weight is 295 g/mol. The van der Waals surface area contributed by atoms with Gasteiger partial charge in [0.15, 0.2) is 0 Å². The molecule has 116 valence electrons. The number of nitrogens with two attached hydrogens (primary N) is 2. The van der Waals surface area contributed by atoms with Crippen molar-refractivity contribution in [1.82, 2.24) is 4.90 Å². The monoisotopic (exact) mass is 295 g/mol. The molecule has 22 heavy (non-hydrogen) atoms. The van der Waals surface area contributed by atoms with E-state index in [1.165, 1.54) is 43.5 Å². The summed E-state index contributed by atoms with van der Waals surface area (Å²) >= 11 is 0. The summed E-state index contributed by atoms with van der Waals surface area (Å²) < 4.78 is 0. The van der Waals surface area contributed by atoms with Crippen LogP contribution >= 0.6 is 0 Å². The van der Waals surface area contributed by atoms with Crippen LogP contribution in [0, 0.1) is 5.92 Å². The lowest BCUT2D eigenvalue weighted by Crippen LogP contribution is -2.33. The van der Waals surface area contributed by atoms with E-state index < -0.39 is 0 Å². The number of benzene rings is 2. The van der Waals surface area contributed by atoms with Crippen LogP contribution in [0.25, 0.3) is 0 Å². The summed E-state index contributed by atoms with van der Waals surface area (Å²) in [4.78, 5) is 2.52. The fourth-order valence-electron chi connectivity index (χ4n) is 3.28. The number of hydrogen-bond donors (Lipinski definition) is 2. The molecule has 0 bridgehead atoms. The smallest absolute Gasteiger partial charge is 0.0551 e.